The average Bonchev–Trinajstić information content (AvgIpc) is 3.76. The van der Waals surface area contributed by atoms with Gasteiger partial charge in [-0.25, -0.2) is 14.4 Å². The van der Waals surface area contributed by atoms with Crippen molar-refractivity contribution in [3.05, 3.63) is 145 Å². The van der Waals surface area contributed by atoms with Crippen LogP contribution in [0.5, 0.6) is 0 Å². The third-order valence-electron chi connectivity index (χ3n) is 8.43. The van der Waals surface area contributed by atoms with Crippen LogP contribution < -0.4 is 16.8 Å². The van der Waals surface area contributed by atoms with Crippen molar-refractivity contribution in [3.8, 4) is 22.6 Å². The molecule has 0 atom stereocenters. The summed E-state index contributed by atoms with van der Waals surface area (Å²) in [6.07, 6.45) is 6.99. The largest absolute Gasteiger partial charge is 0.456 e. The fourth-order valence-corrected chi connectivity index (χ4v) is 5.94. The Morgan fingerprint density at radius 2 is 1.14 bits per heavy atom. The second kappa shape index (κ2) is 12.5. The minimum Gasteiger partial charge on any atom is -0.456 e. The number of nitrogens with zero attached hydrogens (tertiary/aromatic N) is 3. The highest BCUT2D eigenvalue weighted by atomic mass is 19.1. The van der Waals surface area contributed by atoms with E-state index in [9.17, 15) is 4.39 Å². The van der Waals surface area contributed by atoms with Gasteiger partial charge >= 0.3 is 0 Å². The third kappa shape index (κ3) is 5.85. The van der Waals surface area contributed by atoms with Crippen LogP contribution in [0.3, 0.4) is 0 Å². The number of benzene rings is 4. The number of rotatable bonds is 5. The predicted molar refractivity (Wildman–Crippen MR) is 194 cm³/mol. The molecule has 238 valence electrons. The van der Waals surface area contributed by atoms with Crippen LogP contribution in [0.25, 0.3) is 66.1 Å². The molecule has 0 aliphatic carbocycles. The maximum Gasteiger partial charge on any atom is 0.137 e. The van der Waals surface area contributed by atoms with Crippen molar-refractivity contribution < 1.29 is 13.2 Å². The molecular formula is C40H29FN6O2. The minimum absolute atomic E-state index is 0.314. The molecule has 0 aliphatic heterocycles. The zero-order valence-electron chi connectivity index (χ0n) is 26.1. The SMILES string of the molecule is Nc1ncc(-c2cc3ccccc3o2)c2cc(F)ccc12.Nc1ncc(-c2cc3ccccc3o2)c2cc(NCc3ccncc3)ccc12. The van der Waals surface area contributed by atoms with E-state index in [4.69, 9.17) is 20.3 Å². The Morgan fingerprint density at radius 3 is 1.73 bits per heavy atom. The van der Waals surface area contributed by atoms with Gasteiger partial charge < -0.3 is 25.6 Å². The van der Waals surface area contributed by atoms with Crippen LogP contribution in [0, 0.1) is 5.82 Å². The second-order valence-corrected chi connectivity index (χ2v) is 11.6. The molecule has 0 spiro atoms. The van der Waals surface area contributed by atoms with E-state index in [0.29, 0.717) is 34.7 Å². The number of nitrogens with one attached hydrogen (secondary N) is 1. The van der Waals surface area contributed by atoms with E-state index in [1.807, 2.05) is 84.9 Å². The predicted octanol–water partition coefficient (Wildman–Crippen LogP) is 9.61. The summed E-state index contributed by atoms with van der Waals surface area (Å²) in [6, 6.07) is 34.2. The lowest BCUT2D eigenvalue weighted by Crippen LogP contribution is -2.00. The minimum atomic E-state index is -0.314. The number of hydrogen-bond donors (Lipinski definition) is 3. The number of pyridine rings is 3. The average molecular weight is 645 g/mol. The van der Waals surface area contributed by atoms with Gasteiger partial charge in [0.05, 0.1) is 0 Å². The van der Waals surface area contributed by atoms with Gasteiger partial charge in [0.2, 0.25) is 0 Å². The van der Waals surface area contributed by atoms with Crippen molar-refractivity contribution in [2.24, 2.45) is 0 Å². The summed E-state index contributed by atoms with van der Waals surface area (Å²) in [5, 5.41) is 8.85. The Balaban J connectivity index is 0.000000148. The van der Waals surface area contributed by atoms with E-state index in [2.05, 4.69) is 26.3 Å². The number of furan rings is 2. The summed E-state index contributed by atoms with van der Waals surface area (Å²) in [5.41, 5.74) is 17.5. The quantitative estimate of drug-likeness (QED) is 0.169. The van der Waals surface area contributed by atoms with E-state index >= 15 is 0 Å². The lowest BCUT2D eigenvalue weighted by atomic mass is 10.0. The molecule has 0 saturated carbocycles. The Morgan fingerprint density at radius 1 is 0.592 bits per heavy atom. The highest BCUT2D eigenvalue weighted by molar-refractivity contribution is 6.03. The number of nitrogens with two attached hydrogens (primary N) is 2. The first-order valence-electron chi connectivity index (χ1n) is 15.6. The molecule has 49 heavy (non-hydrogen) atoms. The van der Waals surface area contributed by atoms with Crippen LogP contribution in [0.15, 0.2) is 143 Å². The van der Waals surface area contributed by atoms with E-state index in [-0.39, 0.29) is 5.82 Å². The molecule has 0 saturated heterocycles. The zero-order chi connectivity index (χ0) is 33.3. The number of halogens is 1. The van der Waals surface area contributed by atoms with Gasteiger partial charge in [0.25, 0.3) is 0 Å². The van der Waals surface area contributed by atoms with Crippen LogP contribution in [-0.4, -0.2) is 15.0 Å². The Labute approximate surface area is 279 Å². The van der Waals surface area contributed by atoms with Gasteiger partial charge in [-0.05, 0) is 83.7 Å². The fraction of sp³-hybridized carbons (Fsp3) is 0.0250. The molecule has 5 aromatic heterocycles. The van der Waals surface area contributed by atoms with Crippen LogP contribution in [0.4, 0.5) is 21.7 Å². The first-order valence-corrected chi connectivity index (χ1v) is 15.6. The molecule has 4 aromatic carbocycles. The number of anilines is 3. The van der Waals surface area contributed by atoms with Crippen LogP contribution in [0.1, 0.15) is 5.56 Å². The monoisotopic (exact) mass is 644 g/mol. The molecule has 9 heteroatoms. The summed E-state index contributed by atoms with van der Waals surface area (Å²) in [6.45, 7) is 0.717. The summed E-state index contributed by atoms with van der Waals surface area (Å²) in [7, 11) is 0. The third-order valence-corrected chi connectivity index (χ3v) is 8.43. The zero-order valence-corrected chi connectivity index (χ0v) is 26.1. The maximum atomic E-state index is 13.6. The lowest BCUT2D eigenvalue weighted by molar-refractivity contribution is 0.628. The summed E-state index contributed by atoms with van der Waals surface area (Å²) in [5.74, 6) is 2.01. The smallest absolute Gasteiger partial charge is 0.137 e. The molecule has 0 bridgehead atoms. The molecule has 0 fully saturated rings. The molecule has 0 amide bonds. The normalized spacial score (nSPS) is 11.2. The molecule has 5 heterocycles. The fourth-order valence-electron chi connectivity index (χ4n) is 5.94. The molecule has 0 unspecified atom stereocenters. The molecule has 9 aromatic rings. The molecular weight excluding hydrogens is 615 g/mol. The van der Waals surface area contributed by atoms with Crippen molar-refractivity contribution in [3.63, 3.8) is 0 Å². The number of para-hydroxylation sites is 2. The van der Waals surface area contributed by atoms with Gasteiger partial charge in [0, 0.05) is 75.1 Å². The van der Waals surface area contributed by atoms with Gasteiger partial charge in [-0.15, -0.1) is 0 Å². The van der Waals surface area contributed by atoms with Crippen molar-refractivity contribution in [1.29, 1.82) is 0 Å². The van der Waals surface area contributed by atoms with Gasteiger partial charge in [-0.1, -0.05) is 36.4 Å². The first kappa shape index (κ1) is 29.6. The molecule has 9 rings (SSSR count). The van der Waals surface area contributed by atoms with Crippen LogP contribution >= 0.6 is 0 Å². The highest BCUT2D eigenvalue weighted by Gasteiger charge is 2.14. The van der Waals surface area contributed by atoms with E-state index in [1.165, 1.54) is 17.7 Å². The standard InChI is InChI=1S/C23H18N4O.C17H11FN2O/c24-23-18-6-5-17(26-13-15-7-9-25-10-8-15)12-19(18)20(14-27-23)22-11-16-3-1-2-4-21(16)28-22;18-11-5-6-12-13(8-11)14(9-20-17(12)19)16-7-10-3-1-2-4-15(10)21-16/h1-12,14,26H,13H2,(H2,24,27);1-9H,(H2,19,20). The van der Waals surface area contributed by atoms with Crippen molar-refractivity contribution in [2.75, 3.05) is 16.8 Å². The Kier molecular flexibility index (Phi) is 7.54. The summed E-state index contributed by atoms with van der Waals surface area (Å²) in [4.78, 5) is 12.6. The molecule has 8 nitrogen and oxygen atoms in total. The van der Waals surface area contributed by atoms with Gasteiger partial charge in [0.1, 0.15) is 40.1 Å². The van der Waals surface area contributed by atoms with Crippen molar-refractivity contribution in [1.82, 2.24) is 15.0 Å². The van der Waals surface area contributed by atoms with Crippen LogP contribution in [0.2, 0.25) is 0 Å². The number of hydrogen-bond acceptors (Lipinski definition) is 8. The topological polar surface area (TPSA) is 129 Å². The summed E-state index contributed by atoms with van der Waals surface area (Å²) >= 11 is 0. The first-order chi connectivity index (χ1) is 24.0. The number of aromatic nitrogens is 3. The van der Waals surface area contributed by atoms with Gasteiger partial charge in [-0.2, -0.15) is 0 Å². The highest BCUT2D eigenvalue weighted by Crippen LogP contribution is 2.36. The molecule has 0 aliphatic rings. The van der Waals surface area contributed by atoms with E-state index in [1.54, 1.807) is 30.9 Å². The van der Waals surface area contributed by atoms with E-state index in [0.717, 1.165) is 55.3 Å². The van der Waals surface area contributed by atoms with Gasteiger partial charge in [-0.3, -0.25) is 4.98 Å². The lowest BCUT2D eigenvalue weighted by Gasteiger charge is -2.11. The van der Waals surface area contributed by atoms with Crippen LogP contribution in [-0.2, 0) is 6.54 Å². The van der Waals surface area contributed by atoms with Crippen molar-refractivity contribution >= 4 is 60.8 Å². The number of nitrogen functional groups attached to an aromatic ring is 2. The summed E-state index contributed by atoms with van der Waals surface area (Å²) < 4.78 is 25.5. The number of fused-ring (bicyclic) bond motifs is 4. The van der Waals surface area contributed by atoms with E-state index < -0.39 is 0 Å². The second-order valence-electron chi connectivity index (χ2n) is 11.6. The maximum absolute atomic E-state index is 13.6. The van der Waals surface area contributed by atoms with Crippen molar-refractivity contribution in [2.45, 2.75) is 6.54 Å². The Bertz CT molecular complexity index is 2550. The molecule has 5 N–H and O–H groups in total. The molecule has 0 radical (unpaired) electrons. The van der Waals surface area contributed by atoms with Gasteiger partial charge in [0.15, 0.2) is 0 Å². The Hall–Kier alpha value is -6.74.